The van der Waals surface area contributed by atoms with Gasteiger partial charge in [-0.15, -0.1) is 0 Å². The Hall–Kier alpha value is -2.40. The topological polar surface area (TPSA) is 63.2 Å². The third-order valence-electron chi connectivity index (χ3n) is 4.22. The van der Waals surface area contributed by atoms with Crippen molar-refractivity contribution in [3.8, 4) is 5.75 Å². The SMILES string of the molecule is CCOc1ccc(C(=O)Nc2ccc([C@H]3CCCNC3)cc2)nc1. The third kappa shape index (κ3) is 4.11. The van der Waals surface area contributed by atoms with Gasteiger partial charge in [-0.25, -0.2) is 4.98 Å². The molecule has 126 valence electrons. The summed E-state index contributed by atoms with van der Waals surface area (Å²) in [5, 5.41) is 6.31. The maximum atomic E-state index is 12.2. The van der Waals surface area contributed by atoms with Crippen molar-refractivity contribution in [2.75, 3.05) is 25.0 Å². The van der Waals surface area contributed by atoms with Crippen molar-refractivity contribution in [3.63, 3.8) is 0 Å². The summed E-state index contributed by atoms with van der Waals surface area (Å²) in [6.45, 7) is 4.63. The minimum Gasteiger partial charge on any atom is -0.492 e. The monoisotopic (exact) mass is 325 g/mol. The first-order chi connectivity index (χ1) is 11.8. The molecule has 5 heteroatoms. The number of ether oxygens (including phenoxy) is 1. The number of amides is 1. The van der Waals surface area contributed by atoms with Gasteiger partial charge in [0.2, 0.25) is 0 Å². The number of nitrogens with one attached hydrogen (secondary N) is 2. The molecule has 0 saturated carbocycles. The Morgan fingerprint density at radius 3 is 2.75 bits per heavy atom. The van der Waals surface area contributed by atoms with Crippen molar-refractivity contribution in [1.29, 1.82) is 0 Å². The first kappa shape index (κ1) is 16.5. The first-order valence-electron chi connectivity index (χ1n) is 8.47. The number of anilines is 1. The molecule has 0 bridgehead atoms. The zero-order valence-electron chi connectivity index (χ0n) is 13.9. The number of aromatic nitrogens is 1. The van der Waals surface area contributed by atoms with E-state index < -0.39 is 0 Å². The van der Waals surface area contributed by atoms with Crippen LogP contribution < -0.4 is 15.4 Å². The maximum Gasteiger partial charge on any atom is 0.274 e. The van der Waals surface area contributed by atoms with Crippen LogP contribution in [0.5, 0.6) is 5.75 Å². The quantitative estimate of drug-likeness (QED) is 0.886. The Morgan fingerprint density at radius 1 is 1.29 bits per heavy atom. The Balaban J connectivity index is 1.61. The van der Waals surface area contributed by atoms with Crippen LogP contribution in [-0.2, 0) is 0 Å². The molecule has 24 heavy (non-hydrogen) atoms. The van der Waals surface area contributed by atoms with Gasteiger partial charge in [-0.2, -0.15) is 0 Å². The van der Waals surface area contributed by atoms with E-state index in [4.69, 9.17) is 4.74 Å². The lowest BCUT2D eigenvalue weighted by atomic mass is 9.92. The summed E-state index contributed by atoms with van der Waals surface area (Å²) in [6.07, 6.45) is 4.00. The Kier molecular flexibility index (Phi) is 5.43. The van der Waals surface area contributed by atoms with E-state index in [0.29, 0.717) is 24.0 Å². The number of rotatable bonds is 5. The van der Waals surface area contributed by atoms with Crippen LogP contribution in [0.3, 0.4) is 0 Å². The summed E-state index contributed by atoms with van der Waals surface area (Å²) in [5.74, 6) is 1.01. The fourth-order valence-electron chi connectivity index (χ4n) is 2.94. The number of pyridine rings is 1. The summed E-state index contributed by atoms with van der Waals surface area (Å²) >= 11 is 0. The van der Waals surface area contributed by atoms with Crippen LogP contribution in [-0.4, -0.2) is 30.6 Å². The molecule has 2 N–H and O–H groups in total. The van der Waals surface area contributed by atoms with E-state index in [1.807, 2.05) is 19.1 Å². The van der Waals surface area contributed by atoms with E-state index in [1.165, 1.54) is 18.4 Å². The molecule has 0 radical (unpaired) electrons. The van der Waals surface area contributed by atoms with Gasteiger partial charge < -0.3 is 15.4 Å². The molecule has 0 spiro atoms. The number of benzene rings is 1. The lowest BCUT2D eigenvalue weighted by molar-refractivity contribution is 0.102. The second-order valence-electron chi connectivity index (χ2n) is 5.93. The molecule has 2 aromatic rings. The number of hydrogen-bond donors (Lipinski definition) is 2. The Morgan fingerprint density at radius 2 is 2.12 bits per heavy atom. The van der Waals surface area contributed by atoms with Gasteiger partial charge in [0.1, 0.15) is 11.4 Å². The molecule has 1 saturated heterocycles. The summed E-state index contributed by atoms with van der Waals surface area (Å²) in [4.78, 5) is 16.4. The highest BCUT2D eigenvalue weighted by molar-refractivity contribution is 6.02. The van der Waals surface area contributed by atoms with Crippen molar-refractivity contribution in [2.24, 2.45) is 0 Å². The van der Waals surface area contributed by atoms with Crippen LogP contribution >= 0.6 is 0 Å². The lowest BCUT2D eigenvalue weighted by Gasteiger charge is -2.23. The molecule has 1 fully saturated rings. The summed E-state index contributed by atoms with van der Waals surface area (Å²) < 4.78 is 5.33. The Bertz CT molecular complexity index is 662. The zero-order chi connectivity index (χ0) is 16.8. The highest BCUT2D eigenvalue weighted by Crippen LogP contribution is 2.24. The Labute approximate surface area is 142 Å². The lowest BCUT2D eigenvalue weighted by Crippen LogP contribution is -2.28. The average Bonchev–Trinajstić information content (AvgIpc) is 2.64. The average molecular weight is 325 g/mol. The second kappa shape index (κ2) is 7.93. The third-order valence-corrected chi connectivity index (χ3v) is 4.22. The number of carbonyl (C=O) groups is 1. The van der Waals surface area contributed by atoms with Gasteiger partial charge in [0.05, 0.1) is 12.8 Å². The van der Waals surface area contributed by atoms with Crippen LogP contribution in [0.4, 0.5) is 5.69 Å². The summed E-state index contributed by atoms with van der Waals surface area (Å²) in [7, 11) is 0. The van der Waals surface area contributed by atoms with Gasteiger partial charge in [-0.3, -0.25) is 4.79 Å². The summed E-state index contributed by atoms with van der Waals surface area (Å²) in [6, 6.07) is 11.5. The molecule has 1 aliphatic rings. The van der Waals surface area contributed by atoms with Gasteiger partial charge in [0.15, 0.2) is 0 Å². The van der Waals surface area contributed by atoms with E-state index in [2.05, 4.69) is 27.8 Å². The molecule has 3 rings (SSSR count). The molecule has 5 nitrogen and oxygen atoms in total. The second-order valence-corrected chi connectivity index (χ2v) is 5.93. The largest absolute Gasteiger partial charge is 0.492 e. The predicted octanol–water partition coefficient (Wildman–Crippen LogP) is 3.20. The normalized spacial score (nSPS) is 17.3. The highest BCUT2D eigenvalue weighted by atomic mass is 16.5. The molecule has 0 unspecified atom stereocenters. The molecule has 1 atom stereocenters. The van der Waals surface area contributed by atoms with Crippen LogP contribution in [0.1, 0.15) is 41.7 Å². The van der Waals surface area contributed by atoms with Crippen LogP contribution in [0.15, 0.2) is 42.6 Å². The van der Waals surface area contributed by atoms with E-state index >= 15 is 0 Å². The van der Waals surface area contributed by atoms with Crippen molar-refractivity contribution in [3.05, 3.63) is 53.9 Å². The van der Waals surface area contributed by atoms with Gasteiger partial charge in [0, 0.05) is 12.2 Å². The van der Waals surface area contributed by atoms with E-state index in [-0.39, 0.29) is 5.91 Å². The number of nitrogens with zero attached hydrogens (tertiary/aromatic N) is 1. The fraction of sp³-hybridized carbons (Fsp3) is 0.368. The van der Waals surface area contributed by atoms with Crippen LogP contribution in [0.2, 0.25) is 0 Å². The van der Waals surface area contributed by atoms with Crippen LogP contribution in [0.25, 0.3) is 0 Å². The van der Waals surface area contributed by atoms with Crippen molar-refractivity contribution >= 4 is 11.6 Å². The zero-order valence-corrected chi connectivity index (χ0v) is 13.9. The van der Waals surface area contributed by atoms with Gasteiger partial charge >= 0.3 is 0 Å². The van der Waals surface area contributed by atoms with E-state index in [0.717, 1.165) is 18.8 Å². The molecular formula is C19H23N3O2. The first-order valence-corrected chi connectivity index (χ1v) is 8.47. The van der Waals surface area contributed by atoms with Crippen molar-refractivity contribution < 1.29 is 9.53 Å². The van der Waals surface area contributed by atoms with Gasteiger partial charge in [0.25, 0.3) is 5.91 Å². The molecular weight excluding hydrogens is 302 g/mol. The molecule has 1 aromatic heterocycles. The fourth-order valence-corrected chi connectivity index (χ4v) is 2.94. The molecule has 1 aliphatic heterocycles. The van der Waals surface area contributed by atoms with Crippen molar-refractivity contribution in [2.45, 2.75) is 25.7 Å². The number of carbonyl (C=O) groups excluding carboxylic acids is 1. The van der Waals surface area contributed by atoms with Gasteiger partial charge in [-0.05, 0) is 62.1 Å². The number of hydrogen-bond acceptors (Lipinski definition) is 4. The van der Waals surface area contributed by atoms with E-state index in [1.54, 1.807) is 18.3 Å². The molecule has 1 amide bonds. The minimum atomic E-state index is -0.217. The minimum absolute atomic E-state index is 0.217. The molecule has 2 heterocycles. The van der Waals surface area contributed by atoms with E-state index in [9.17, 15) is 4.79 Å². The highest BCUT2D eigenvalue weighted by Gasteiger charge is 2.15. The molecule has 1 aromatic carbocycles. The smallest absolute Gasteiger partial charge is 0.274 e. The molecule has 0 aliphatic carbocycles. The summed E-state index contributed by atoms with van der Waals surface area (Å²) in [5.41, 5.74) is 2.47. The standard InChI is InChI=1S/C19H23N3O2/c1-2-24-17-9-10-18(21-13-17)19(23)22-16-7-5-14(6-8-16)15-4-3-11-20-12-15/h5-10,13,15,20H,2-4,11-12H2,1H3,(H,22,23)/t15-/m0/s1. The number of piperidine rings is 1. The van der Waals surface area contributed by atoms with Crippen LogP contribution in [0, 0.1) is 0 Å². The predicted molar refractivity (Wildman–Crippen MR) is 94.6 cm³/mol. The van der Waals surface area contributed by atoms with Gasteiger partial charge in [-0.1, -0.05) is 12.1 Å². The van der Waals surface area contributed by atoms with Crippen molar-refractivity contribution in [1.82, 2.24) is 10.3 Å². The maximum absolute atomic E-state index is 12.2.